The molecule has 0 bridgehead atoms. The molecular weight excluding hydrogens is 364 g/mol. The van der Waals surface area contributed by atoms with Crippen LogP contribution in [0.1, 0.15) is 35.2 Å². The van der Waals surface area contributed by atoms with Crippen LogP contribution >= 0.6 is 12.4 Å². The highest BCUT2D eigenvalue weighted by Crippen LogP contribution is 2.30. The number of benzene rings is 2. The first-order valence-corrected chi connectivity index (χ1v) is 8.86. The minimum Gasteiger partial charge on any atom is -0.399 e. The van der Waals surface area contributed by atoms with Gasteiger partial charge in [-0.05, 0) is 49.1 Å². The third-order valence-electron chi connectivity index (χ3n) is 4.68. The van der Waals surface area contributed by atoms with Crippen molar-refractivity contribution in [1.82, 2.24) is 0 Å². The summed E-state index contributed by atoms with van der Waals surface area (Å²) < 4.78 is 0. The molecule has 1 heterocycles. The van der Waals surface area contributed by atoms with Crippen LogP contribution in [0.5, 0.6) is 0 Å². The Morgan fingerprint density at radius 1 is 1.07 bits per heavy atom. The lowest BCUT2D eigenvalue weighted by atomic mass is 10.1. The number of amides is 2. The Bertz CT molecular complexity index is 819. The first-order chi connectivity index (χ1) is 12.5. The average Bonchev–Trinajstić information content (AvgIpc) is 3.15. The van der Waals surface area contributed by atoms with Gasteiger partial charge in [0.2, 0.25) is 11.8 Å². The molecule has 0 saturated carbocycles. The van der Waals surface area contributed by atoms with E-state index >= 15 is 0 Å². The summed E-state index contributed by atoms with van der Waals surface area (Å²) in [5.41, 5.74) is 14.9. The maximum atomic E-state index is 12.5. The lowest BCUT2D eigenvalue weighted by Crippen LogP contribution is -2.22. The Kier molecular flexibility index (Phi) is 7.07. The molecule has 2 aromatic carbocycles. The fourth-order valence-corrected chi connectivity index (χ4v) is 3.25. The van der Waals surface area contributed by atoms with Crippen molar-refractivity contribution in [3.05, 3.63) is 53.6 Å². The first-order valence-electron chi connectivity index (χ1n) is 8.86. The van der Waals surface area contributed by atoms with Crippen LogP contribution in [0.15, 0.2) is 42.5 Å². The van der Waals surface area contributed by atoms with Crippen molar-refractivity contribution < 1.29 is 9.59 Å². The molecule has 1 aliphatic rings. The second kappa shape index (κ2) is 9.28. The van der Waals surface area contributed by atoms with Crippen LogP contribution in [0, 0.1) is 0 Å². The summed E-state index contributed by atoms with van der Waals surface area (Å²) in [4.78, 5) is 26.2. The Labute approximate surface area is 165 Å². The first kappa shape index (κ1) is 20.6. The number of nitrogens with zero attached hydrogens (tertiary/aromatic N) is 1. The highest BCUT2D eigenvalue weighted by Gasteiger charge is 2.18. The summed E-state index contributed by atoms with van der Waals surface area (Å²) in [5.74, 6) is -0.624. The average molecular weight is 389 g/mol. The fourth-order valence-electron chi connectivity index (χ4n) is 3.25. The number of halogens is 1. The van der Waals surface area contributed by atoms with Gasteiger partial charge in [-0.25, -0.2) is 0 Å². The predicted octanol–water partition coefficient (Wildman–Crippen LogP) is 2.96. The van der Waals surface area contributed by atoms with Crippen molar-refractivity contribution >= 4 is 41.3 Å². The van der Waals surface area contributed by atoms with E-state index in [0.717, 1.165) is 37.2 Å². The maximum absolute atomic E-state index is 12.5. The third-order valence-corrected chi connectivity index (χ3v) is 4.68. The molecule has 3 rings (SSSR count). The van der Waals surface area contributed by atoms with Gasteiger partial charge in [0.15, 0.2) is 0 Å². The highest BCUT2D eigenvalue weighted by molar-refractivity contribution is 5.99. The topological polar surface area (TPSA) is 101 Å². The minimum atomic E-state index is -0.509. The largest absolute Gasteiger partial charge is 0.399 e. The predicted molar refractivity (Wildman–Crippen MR) is 111 cm³/mol. The van der Waals surface area contributed by atoms with Gasteiger partial charge in [-0.2, -0.15) is 0 Å². The minimum absolute atomic E-state index is 0. The molecule has 27 heavy (non-hydrogen) atoms. The Morgan fingerprint density at radius 2 is 1.78 bits per heavy atom. The molecule has 0 atom stereocenters. The number of aryl methyl sites for hydroxylation is 1. The van der Waals surface area contributed by atoms with Gasteiger partial charge in [-0.15, -0.1) is 12.4 Å². The van der Waals surface area contributed by atoms with Crippen LogP contribution < -0.4 is 21.7 Å². The van der Waals surface area contributed by atoms with E-state index < -0.39 is 5.91 Å². The third kappa shape index (κ3) is 5.14. The van der Waals surface area contributed by atoms with Crippen LogP contribution in [0.4, 0.5) is 17.1 Å². The second-order valence-electron chi connectivity index (χ2n) is 6.54. The lowest BCUT2D eigenvalue weighted by molar-refractivity contribution is -0.116. The summed E-state index contributed by atoms with van der Waals surface area (Å²) in [6.45, 7) is 1.89. The number of carbonyl (C=O) groups is 2. The highest BCUT2D eigenvalue weighted by atomic mass is 35.5. The zero-order chi connectivity index (χ0) is 18.5. The van der Waals surface area contributed by atoms with E-state index in [0.29, 0.717) is 29.8 Å². The Morgan fingerprint density at radius 3 is 2.44 bits per heavy atom. The number of nitrogen functional groups attached to an aromatic ring is 1. The van der Waals surface area contributed by atoms with Crippen LogP contribution in [0.2, 0.25) is 0 Å². The van der Waals surface area contributed by atoms with E-state index in [2.05, 4.69) is 10.2 Å². The SMILES string of the molecule is Cl.NC(=O)c1ccc(N2CCCC2)c(NC(=O)CCc2ccccc2N)c1. The van der Waals surface area contributed by atoms with Crippen molar-refractivity contribution in [2.45, 2.75) is 25.7 Å². The zero-order valence-corrected chi connectivity index (χ0v) is 15.9. The smallest absolute Gasteiger partial charge is 0.248 e. The quantitative estimate of drug-likeness (QED) is 0.662. The number of carbonyl (C=O) groups excluding carboxylic acids is 2. The van der Waals surface area contributed by atoms with E-state index in [-0.39, 0.29) is 18.3 Å². The number of nitrogens with two attached hydrogens (primary N) is 2. The summed E-state index contributed by atoms with van der Waals surface area (Å²) in [7, 11) is 0. The molecule has 2 aromatic rings. The van der Waals surface area contributed by atoms with Gasteiger partial charge in [-0.3, -0.25) is 9.59 Å². The Balaban J connectivity index is 0.00000261. The van der Waals surface area contributed by atoms with Gasteiger partial charge >= 0.3 is 0 Å². The molecule has 0 spiro atoms. The lowest BCUT2D eigenvalue weighted by Gasteiger charge is -2.22. The number of primary amides is 1. The van der Waals surface area contributed by atoms with Crippen molar-refractivity contribution in [3.8, 4) is 0 Å². The molecule has 1 saturated heterocycles. The number of hydrogen-bond donors (Lipinski definition) is 3. The molecular formula is C20H25ClN4O2. The standard InChI is InChI=1S/C20H24N4O2.ClH/c21-16-6-2-1-5-14(16)8-10-19(25)23-17-13-15(20(22)26)7-9-18(17)24-11-3-4-12-24;/h1-2,5-7,9,13H,3-4,8,10-12,21H2,(H2,22,26)(H,23,25);1H. The zero-order valence-electron chi connectivity index (χ0n) is 15.1. The molecule has 0 unspecified atom stereocenters. The molecule has 144 valence electrons. The van der Waals surface area contributed by atoms with E-state index in [1.54, 1.807) is 12.1 Å². The van der Waals surface area contributed by atoms with Gasteiger partial charge in [0.1, 0.15) is 0 Å². The number of anilines is 3. The van der Waals surface area contributed by atoms with E-state index in [4.69, 9.17) is 11.5 Å². The molecule has 6 nitrogen and oxygen atoms in total. The van der Waals surface area contributed by atoms with Gasteiger partial charge in [0.05, 0.1) is 11.4 Å². The molecule has 7 heteroatoms. The van der Waals surface area contributed by atoms with Crippen molar-refractivity contribution in [1.29, 1.82) is 0 Å². The van der Waals surface area contributed by atoms with Gasteiger partial charge in [-0.1, -0.05) is 18.2 Å². The number of nitrogens with one attached hydrogen (secondary N) is 1. The van der Waals surface area contributed by atoms with Gasteiger partial charge in [0.25, 0.3) is 0 Å². The summed E-state index contributed by atoms with van der Waals surface area (Å²) in [6, 6.07) is 12.8. The molecule has 1 fully saturated rings. The second-order valence-corrected chi connectivity index (χ2v) is 6.54. The fraction of sp³-hybridized carbons (Fsp3) is 0.300. The monoisotopic (exact) mass is 388 g/mol. The summed E-state index contributed by atoms with van der Waals surface area (Å²) >= 11 is 0. The molecule has 5 N–H and O–H groups in total. The van der Waals surface area contributed by atoms with Crippen LogP contribution in [0.25, 0.3) is 0 Å². The normalized spacial score (nSPS) is 13.1. The van der Waals surface area contributed by atoms with Crippen LogP contribution in [-0.2, 0) is 11.2 Å². The van der Waals surface area contributed by atoms with Crippen LogP contribution in [0.3, 0.4) is 0 Å². The summed E-state index contributed by atoms with van der Waals surface area (Å²) in [5, 5.41) is 2.94. The molecule has 0 aliphatic carbocycles. The van der Waals surface area contributed by atoms with E-state index in [1.165, 1.54) is 0 Å². The number of hydrogen-bond acceptors (Lipinski definition) is 4. The molecule has 0 aromatic heterocycles. The van der Waals surface area contributed by atoms with Crippen molar-refractivity contribution in [2.24, 2.45) is 5.73 Å². The van der Waals surface area contributed by atoms with E-state index in [1.807, 2.05) is 30.3 Å². The van der Waals surface area contributed by atoms with Gasteiger partial charge in [0, 0.05) is 30.8 Å². The number of rotatable bonds is 6. The van der Waals surface area contributed by atoms with Gasteiger partial charge < -0.3 is 21.7 Å². The maximum Gasteiger partial charge on any atom is 0.248 e. The van der Waals surface area contributed by atoms with Crippen molar-refractivity contribution in [2.75, 3.05) is 29.0 Å². The van der Waals surface area contributed by atoms with E-state index in [9.17, 15) is 9.59 Å². The molecule has 2 amide bonds. The summed E-state index contributed by atoms with van der Waals surface area (Å²) in [6.07, 6.45) is 3.12. The van der Waals surface area contributed by atoms with Crippen LogP contribution in [-0.4, -0.2) is 24.9 Å². The molecule has 1 aliphatic heterocycles. The number of para-hydroxylation sites is 1. The Hall–Kier alpha value is -2.73. The molecule has 0 radical (unpaired) electrons. The van der Waals surface area contributed by atoms with Crippen molar-refractivity contribution in [3.63, 3.8) is 0 Å².